The topological polar surface area (TPSA) is 75.2 Å². The fraction of sp³-hybridized carbons (Fsp3) is 0.316. The van der Waals surface area contributed by atoms with Gasteiger partial charge in [0.25, 0.3) is 0 Å². The van der Waals surface area contributed by atoms with Crippen molar-refractivity contribution in [3.8, 4) is 11.5 Å². The fourth-order valence-corrected chi connectivity index (χ4v) is 4.06. The van der Waals surface area contributed by atoms with Gasteiger partial charge >= 0.3 is 0 Å². The number of rotatable bonds is 7. The molecule has 0 bridgehead atoms. The van der Waals surface area contributed by atoms with Gasteiger partial charge in [-0.1, -0.05) is 23.9 Å². The van der Waals surface area contributed by atoms with E-state index in [0.29, 0.717) is 23.9 Å². The molecule has 3 rings (SSSR count). The molecule has 0 amide bonds. The highest BCUT2D eigenvalue weighted by atomic mass is 32.2. The van der Waals surface area contributed by atoms with Crippen LogP contribution in [-0.4, -0.2) is 24.4 Å². The van der Waals surface area contributed by atoms with Gasteiger partial charge < -0.3 is 24.7 Å². The first-order valence-corrected chi connectivity index (χ1v) is 9.43. The molecule has 2 aromatic carbocycles. The third-order valence-corrected chi connectivity index (χ3v) is 5.38. The molecule has 0 radical (unpaired) electrons. The molecule has 1 heterocycles. The molecule has 2 aromatic rings. The Morgan fingerprint density at radius 3 is 2.81 bits per heavy atom. The van der Waals surface area contributed by atoms with Crippen LogP contribution in [0.2, 0.25) is 0 Å². The van der Waals surface area contributed by atoms with Crippen molar-refractivity contribution in [2.75, 3.05) is 12.4 Å². The number of carboxylic acid groups (broad SMARTS) is 1. The average Bonchev–Trinajstić information content (AvgIpc) is 3.11. The van der Waals surface area contributed by atoms with Crippen LogP contribution in [0.25, 0.3) is 0 Å². The number of hydrogen-bond acceptors (Lipinski definition) is 5. The predicted molar refractivity (Wildman–Crippen MR) is 94.3 cm³/mol. The van der Waals surface area contributed by atoms with Gasteiger partial charge in [0, 0.05) is 5.56 Å². The fourth-order valence-electron chi connectivity index (χ4n) is 2.76. The van der Waals surface area contributed by atoms with E-state index in [-0.39, 0.29) is 17.8 Å². The Labute approximate surface area is 155 Å². The highest BCUT2D eigenvalue weighted by Crippen LogP contribution is 2.34. The second-order valence-electron chi connectivity index (χ2n) is 5.93. The summed E-state index contributed by atoms with van der Waals surface area (Å²) in [5, 5.41) is 12.8. The zero-order valence-corrected chi connectivity index (χ0v) is 15.1. The molecular formula is C19H20FNO4S. The second-order valence-corrected chi connectivity index (χ2v) is 7.10. The van der Waals surface area contributed by atoms with Crippen molar-refractivity contribution in [1.29, 1.82) is 0 Å². The van der Waals surface area contributed by atoms with Crippen LogP contribution in [0.5, 0.6) is 11.5 Å². The number of halogens is 1. The van der Waals surface area contributed by atoms with Gasteiger partial charge in [0.1, 0.15) is 24.4 Å². The van der Waals surface area contributed by atoms with E-state index in [4.69, 9.17) is 9.47 Å². The van der Waals surface area contributed by atoms with E-state index in [1.807, 2.05) is 19.1 Å². The van der Waals surface area contributed by atoms with E-state index in [0.717, 1.165) is 11.1 Å². The van der Waals surface area contributed by atoms with Gasteiger partial charge in [0.2, 0.25) is 0 Å². The molecule has 1 saturated heterocycles. The molecular weight excluding hydrogens is 357 g/mol. The van der Waals surface area contributed by atoms with Gasteiger partial charge in [0.15, 0.2) is 16.9 Å². The molecule has 26 heavy (non-hydrogen) atoms. The van der Waals surface area contributed by atoms with Crippen LogP contribution in [0, 0.1) is 5.82 Å². The molecule has 1 aliphatic rings. The Kier molecular flexibility index (Phi) is 6.00. The SMILES string of the molecule is CCOc1cc(C2[NH2+]C(C(=O)[O-])CS2)ccc1OCc1cccc(F)c1. The summed E-state index contributed by atoms with van der Waals surface area (Å²) in [5.41, 5.74) is 1.69. The third-order valence-electron chi connectivity index (χ3n) is 4.04. The summed E-state index contributed by atoms with van der Waals surface area (Å²) in [7, 11) is 0. The molecule has 0 aromatic heterocycles. The van der Waals surface area contributed by atoms with Crippen LogP contribution in [0.15, 0.2) is 42.5 Å². The Balaban J connectivity index is 1.73. The highest BCUT2D eigenvalue weighted by molar-refractivity contribution is 7.99. The summed E-state index contributed by atoms with van der Waals surface area (Å²) in [5.74, 6) is 0.323. The Bertz CT molecular complexity index is 786. The minimum atomic E-state index is -1.04. The summed E-state index contributed by atoms with van der Waals surface area (Å²) in [6.07, 6.45) is 0. The van der Waals surface area contributed by atoms with Crippen molar-refractivity contribution in [1.82, 2.24) is 0 Å². The maximum atomic E-state index is 13.3. The largest absolute Gasteiger partial charge is 0.544 e. The number of thioether (sulfide) groups is 1. The smallest absolute Gasteiger partial charge is 0.161 e. The van der Waals surface area contributed by atoms with Crippen LogP contribution in [0.3, 0.4) is 0 Å². The molecule has 138 valence electrons. The minimum Gasteiger partial charge on any atom is -0.544 e. The monoisotopic (exact) mass is 377 g/mol. The molecule has 1 fully saturated rings. The van der Waals surface area contributed by atoms with Gasteiger partial charge in [0.05, 0.1) is 12.4 Å². The van der Waals surface area contributed by atoms with Crippen LogP contribution >= 0.6 is 11.8 Å². The number of ether oxygens (including phenoxy) is 2. The van der Waals surface area contributed by atoms with Crippen molar-refractivity contribution < 1.29 is 29.1 Å². The van der Waals surface area contributed by atoms with Gasteiger partial charge in [-0.3, -0.25) is 0 Å². The van der Waals surface area contributed by atoms with Gasteiger partial charge in [-0.15, -0.1) is 0 Å². The first kappa shape index (κ1) is 18.5. The number of benzene rings is 2. The van der Waals surface area contributed by atoms with Crippen molar-refractivity contribution in [2.24, 2.45) is 0 Å². The normalized spacial score (nSPS) is 19.3. The zero-order valence-electron chi connectivity index (χ0n) is 14.3. The number of aliphatic carboxylic acids is 1. The summed E-state index contributed by atoms with van der Waals surface area (Å²) in [6, 6.07) is 11.3. The molecule has 1 aliphatic heterocycles. The van der Waals surface area contributed by atoms with E-state index in [2.05, 4.69) is 0 Å². The molecule has 5 nitrogen and oxygen atoms in total. The van der Waals surface area contributed by atoms with Crippen molar-refractivity contribution in [3.63, 3.8) is 0 Å². The Morgan fingerprint density at radius 1 is 1.27 bits per heavy atom. The third kappa shape index (κ3) is 4.47. The molecule has 2 atom stereocenters. The van der Waals surface area contributed by atoms with Gasteiger partial charge in [-0.05, 0) is 42.8 Å². The van der Waals surface area contributed by atoms with Crippen LogP contribution in [0.4, 0.5) is 4.39 Å². The quantitative estimate of drug-likeness (QED) is 0.786. The number of carboxylic acids is 1. The van der Waals surface area contributed by atoms with Crippen LogP contribution in [0.1, 0.15) is 23.4 Å². The van der Waals surface area contributed by atoms with E-state index in [1.54, 1.807) is 35.3 Å². The summed E-state index contributed by atoms with van der Waals surface area (Å²) in [4.78, 5) is 11.0. The zero-order chi connectivity index (χ0) is 18.5. The highest BCUT2D eigenvalue weighted by Gasteiger charge is 2.31. The lowest BCUT2D eigenvalue weighted by molar-refractivity contribution is -0.690. The molecule has 2 N–H and O–H groups in total. The lowest BCUT2D eigenvalue weighted by atomic mass is 10.2. The number of nitrogens with two attached hydrogens (primary N) is 1. The molecule has 7 heteroatoms. The summed E-state index contributed by atoms with van der Waals surface area (Å²) < 4.78 is 24.7. The minimum absolute atomic E-state index is 0.0191. The maximum Gasteiger partial charge on any atom is 0.161 e. The number of carbonyl (C=O) groups is 1. The first-order valence-electron chi connectivity index (χ1n) is 8.38. The van der Waals surface area contributed by atoms with Crippen molar-refractivity contribution in [3.05, 3.63) is 59.4 Å². The Morgan fingerprint density at radius 2 is 2.12 bits per heavy atom. The molecule has 0 saturated carbocycles. The Hall–Kier alpha value is -2.25. The van der Waals surface area contributed by atoms with Crippen LogP contribution < -0.4 is 19.9 Å². The van der Waals surface area contributed by atoms with Gasteiger partial charge in [-0.25, -0.2) is 4.39 Å². The second kappa shape index (κ2) is 8.42. The summed E-state index contributed by atoms with van der Waals surface area (Å²) >= 11 is 1.56. The number of quaternary nitrogens is 1. The van der Waals surface area contributed by atoms with Crippen molar-refractivity contribution >= 4 is 17.7 Å². The van der Waals surface area contributed by atoms with E-state index in [9.17, 15) is 14.3 Å². The van der Waals surface area contributed by atoms with E-state index < -0.39 is 12.0 Å². The average molecular weight is 377 g/mol. The first-order chi connectivity index (χ1) is 12.6. The predicted octanol–water partition coefficient (Wildman–Crippen LogP) is 1.23. The number of hydrogen-bond donors (Lipinski definition) is 1. The number of carbonyl (C=O) groups excluding carboxylic acids is 1. The molecule has 0 spiro atoms. The molecule has 0 aliphatic carbocycles. The molecule has 2 unspecified atom stereocenters. The van der Waals surface area contributed by atoms with Crippen LogP contribution in [-0.2, 0) is 11.4 Å². The summed E-state index contributed by atoms with van der Waals surface area (Å²) in [6.45, 7) is 2.59. The van der Waals surface area contributed by atoms with E-state index in [1.165, 1.54) is 12.1 Å². The lowest BCUT2D eigenvalue weighted by Crippen LogP contribution is -2.90. The van der Waals surface area contributed by atoms with E-state index >= 15 is 0 Å². The van der Waals surface area contributed by atoms with Crippen molar-refractivity contribution in [2.45, 2.75) is 24.9 Å². The van der Waals surface area contributed by atoms with Gasteiger partial charge in [-0.2, -0.15) is 0 Å². The lowest BCUT2D eigenvalue weighted by Gasteiger charge is -2.15. The standard InChI is InChI=1S/C19H20FNO4S/c1-2-24-17-9-13(18-21-15(11-26-18)19(22)23)6-7-16(17)25-10-12-4-3-5-14(20)8-12/h3-9,15,18,21H,2,10-11H2,1H3,(H,22,23). The maximum absolute atomic E-state index is 13.3.